The fourth-order valence-electron chi connectivity index (χ4n) is 3.61. The summed E-state index contributed by atoms with van der Waals surface area (Å²) in [5.41, 5.74) is 6.98. The number of amides is 1. The number of methoxy groups -OCH3 is 1. The molecule has 2 aromatic carbocycles. The van der Waals surface area contributed by atoms with E-state index in [4.69, 9.17) is 10.5 Å². The maximum atomic E-state index is 12.7. The topological polar surface area (TPSA) is 148 Å². The van der Waals surface area contributed by atoms with Crippen molar-refractivity contribution in [2.75, 3.05) is 12.8 Å². The molecule has 10 heteroatoms. The Hall–Kier alpha value is -4.60. The van der Waals surface area contributed by atoms with Gasteiger partial charge in [-0.2, -0.15) is 5.10 Å². The number of benzene rings is 2. The number of aromatic amines is 2. The first-order valence-corrected chi connectivity index (χ1v) is 10.5. The van der Waals surface area contributed by atoms with Gasteiger partial charge >= 0.3 is 5.69 Å². The summed E-state index contributed by atoms with van der Waals surface area (Å²) < 4.78 is 7.38. The minimum absolute atomic E-state index is 0.281. The highest BCUT2D eigenvalue weighted by molar-refractivity contribution is 5.97. The lowest BCUT2D eigenvalue weighted by atomic mass is 10.0. The molecule has 4 rings (SSSR count). The summed E-state index contributed by atoms with van der Waals surface area (Å²) in [5.74, 6) is -0.00838. The van der Waals surface area contributed by atoms with Crippen molar-refractivity contribution in [2.45, 2.75) is 19.5 Å². The number of anilines is 1. The first-order valence-electron chi connectivity index (χ1n) is 10.5. The molecule has 0 saturated heterocycles. The van der Waals surface area contributed by atoms with Crippen LogP contribution in [0.2, 0.25) is 0 Å². The van der Waals surface area contributed by atoms with Crippen molar-refractivity contribution < 1.29 is 9.53 Å². The molecule has 2 aromatic heterocycles. The molecule has 0 unspecified atom stereocenters. The predicted octanol–water partition coefficient (Wildman–Crippen LogP) is 2.06. The lowest BCUT2D eigenvalue weighted by Gasteiger charge is -2.17. The van der Waals surface area contributed by atoms with E-state index in [0.29, 0.717) is 12.3 Å². The van der Waals surface area contributed by atoms with Gasteiger partial charge in [-0.3, -0.25) is 19.3 Å². The molecule has 0 aliphatic rings. The lowest BCUT2D eigenvalue weighted by Crippen LogP contribution is -2.34. The molecule has 5 N–H and O–H groups in total. The predicted molar refractivity (Wildman–Crippen MR) is 128 cm³/mol. The SMILES string of the molecule is COc1ccc([C@@H](C)NC(=O)c2[nH]c(=O)[nH]c(=O)c2N)cc1-c1cnn(Cc2ccccc2)c1. The maximum absolute atomic E-state index is 12.7. The average molecular weight is 460 g/mol. The number of H-pyrrole nitrogens is 2. The summed E-state index contributed by atoms with van der Waals surface area (Å²) in [4.78, 5) is 40.2. The van der Waals surface area contributed by atoms with E-state index in [1.807, 2.05) is 64.4 Å². The van der Waals surface area contributed by atoms with Crippen LogP contribution in [0.4, 0.5) is 5.69 Å². The third-order valence-electron chi connectivity index (χ3n) is 5.41. The van der Waals surface area contributed by atoms with Gasteiger partial charge in [0.05, 0.1) is 25.9 Å². The Morgan fingerprint density at radius 1 is 1.18 bits per heavy atom. The quantitative estimate of drug-likeness (QED) is 0.332. The van der Waals surface area contributed by atoms with E-state index in [1.165, 1.54) is 0 Å². The second-order valence-corrected chi connectivity index (χ2v) is 7.76. The summed E-state index contributed by atoms with van der Waals surface area (Å²) in [7, 11) is 1.59. The Labute approximate surface area is 194 Å². The van der Waals surface area contributed by atoms with Gasteiger partial charge in [-0.15, -0.1) is 0 Å². The van der Waals surface area contributed by atoms with Gasteiger partial charge in [-0.1, -0.05) is 36.4 Å². The third-order valence-corrected chi connectivity index (χ3v) is 5.41. The minimum Gasteiger partial charge on any atom is -0.496 e. The number of nitrogens with one attached hydrogen (secondary N) is 3. The van der Waals surface area contributed by atoms with Gasteiger partial charge in [-0.05, 0) is 30.2 Å². The Bertz CT molecular complexity index is 1440. The molecule has 0 saturated carbocycles. The molecule has 174 valence electrons. The zero-order valence-corrected chi connectivity index (χ0v) is 18.7. The van der Waals surface area contributed by atoms with Gasteiger partial charge in [0.25, 0.3) is 11.5 Å². The van der Waals surface area contributed by atoms with Crippen LogP contribution in [0.5, 0.6) is 5.75 Å². The first kappa shape index (κ1) is 22.6. The molecule has 1 amide bonds. The van der Waals surface area contributed by atoms with Crippen molar-refractivity contribution in [1.82, 2.24) is 25.1 Å². The van der Waals surface area contributed by atoms with Crippen LogP contribution in [0.25, 0.3) is 11.1 Å². The fourth-order valence-corrected chi connectivity index (χ4v) is 3.61. The van der Waals surface area contributed by atoms with Crippen molar-refractivity contribution in [3.63, 3.8) is 0 Å². The smallest absolute Gasteiger partial charge is 0.326 e. The van der Waals surface area contributed by atoms with E-state index >= 15 is 0 Å². The Morgan fingerprint density at radius 2 is 1.94 bits per heavy atom. The van der Waals surface area contributed by atoms with Gasteiger partial charge < -0.3 is 20.8 Å². The van der Waals surface area contributed by atoms with E-state index in [9.17, 15) is 14.4 Å². The van der Waals surface area contributed by atoms with Crippen LogP contribution >= 0.6 is 0 Å². The molecule has 0 radical (unpaired) electrons. The minimum atomic E-state index is -0.819. The second-order valence-electron chi connectivity index (χ2n) is 7.76. The van der Waals surface area contributed by atoms with E-state index in [-0.39, 0.29) is 11.4 Å². The lowest BCUT2D eigenvalue weighted by molar-refractivity contribution is 0.0935. The molecule has 0 spiro atoms. The number of rotatable bonds is 7. The molecule has 0 fully saturated rings. The molecular weight excluding hydrogens is 436 g/mol. The van der Waals surface area contributed by atoms with Crippen molar-refractivity contribution in [3.05, 3.63) is 98.6 Å². The molecule has 2 heterocycles. The van der Waals surface area contributed by atoms with Crippen LogP contribution in [0.3, 0.4) is 0 Å². The van der Waals surface area contributed by atoms with E-state index in [1.54, 1.807) is 20.2 Å². The highest BCUT2D eigenvalue weighted by Gasteiger charge is 2.19. The van der Waals surface area contributed by atoms with E-state index < -0.39 is 23.2 Å². The van der Waals surface area contributed by atoms with Gasteiger partial charge in [0.2, 0.25) is 0 Å². The van der Waals surface area contributed by atoms with Crippen molar-refractivity contribution in [2.24, 2.45) is 0 Å². The normalized spacial score (nSPS) is 11.7. The van der Waals surface area contributed by atoms with Crippen LogP contribution in [-0.2, 0) is 6.54 Å². The summed E-state index contributed by atoms with van der Waals surface area (Å²) in [5, 5.41) is 7.22. The molecule has 34 heavy (non-hydrogen) atoms. The number of nitrogen functional groups attached to an aromatic ring is 1. The fraction of sp³-hybridized carbons (Fsp3) is 0.167. The second kappa shape index (κ2) is 9.49. The van der Waals surface area contributed by atoms with Crippen LogP contribution in [0.1, 0.15) is 34.6 Å². The summed E-state index contributed by atoms with van der Waals surface area (Å²) in [6.07, 6.45) is 3.69. The molecule has 0 bridgehead atoms. The average Bonchev–Trinajstić information content (AvgIpc) is 3.29. The van der Waals surface area contributed by atoms with Gasteiger partial charge in [-0.25, -0.2) is 4.79 Å². The zero-order valence-electron chi connectivity index (χ0n) is 18.7. The van der Waals surface area contributed by atoms with Crippen LogP contribution in [0.15, 0.2) is 70.5 Å². The number of aromatic nitrogens is 4. The Balaban J connectivity index is 1.58. The molecule has 0 aliphatic heterocycles. The molecule has 4 aromatic rings. The van der Waals surface area contributed by atoms with Crippen LogP contribution < -0.4 is 27.0 Å². The summed E-state index contributed by atoms with van der Waals surface area (Å²) in [6.45, 7) is 2.41. The van der Waals surface area contributed by atoms with Crippen LogP contribution in [-0.4, -0.2) is 32.8 Å². The number of nitrogens with two attached hydrogens (primary N) is 1. The zero-order chi connectivity index (χ0) is 24.2. The largest absolute Gasteiger partial charge is 0.496 e. The highest BCUT2D eigenvalue weighted by Crippen LogP contribution is 2.32. The number of hydrogen-bond donors (Lipinski definition) is 4. The van der Waals surface area contributed by atoms with Crippen molar-refractivity contribution in [3.8, 4) is 16.9 Å². The molecular formula is C24H24N6O4. The Kier molecular flexibility index (Phi) is 6.30. The third kappa shape index (κ3) is 4.75. The Morgan fingerprint density at radius 3 is 2.68 bits per heavy atom. The molecule has 0 aliphatic carbocycles. The number of carbonyl (C=O) groups excluding carboxylic acids is 1. The van der Waals surface area contributed by atoms with Gasteiger partial charge in [0.1, 0.15) is 17.1 Å². The van der Waals surface area contributed by atoms with Gasteiger partial charge in [0.15, 0.2) is 0 Å². The molecule has 1 atom stereocenters. The maximum Gasteiger partial charge on any atom is 0.326 e. The molecule has 10 nitrogen and oxygen atoms in total. The highest BCUT2D eigenvalue weighted by atomic mass is 16.5. The van der Waals surface area contributed by atoms with Gasteiger partial charge in [0, 0.05) is 17.3 Å². The number of nitrogens with zero attached hydrogens (tertiary/aromatic N) is 2. The van der Waals surface area contributed by atoms with Crippen LogP contribution in [0, 0.1) is 0 Å². The number of ether oxygens (including phenoxy) is 1. The van der Waals surface area contributed by atoms with E-state index in [2.05, 4.69) is 15.4 Å². The number of hydrogen-bond acceptors (Lipinski definition) is 6. The standard InChI is InChI=1S/C24H24N6O4/c1-14(27-23(32)21-20(25)22(31)29-24(33)28-21)16-8-9-19(34-2)18(10-16)17-11-26-30(13-17)12-15-6-4-3-5-7-15/h3-11,13-14H,12,25H2,1-2H3,(H,27,32)(H2,28,29,31,33)/t14-/m1/s1. The monoisotopic (exact) mass is 460 g/mol. The van der Waals surface area contributed by atoms with E-state index in [0.717, 1.165) is 22.3 Å². The first-order chi connectivity index (χ1) is 16.4. The number of carbonyl (C=O) groups is 1. The van der Waals surface area contributed by atoms with Crippen molar-refractivity contribution >= 4 is 11.6 Å². The summed E-state index contributed by atoms with van der Waals surface area (Å²) >= 11 is 0. The van der Waals surface area contributed by atoms with Crippen molar-refractivity contribution in [1.29, 1.82) is 0 Å². The summed E-state index contributed by atoms with van der Waals surface area (Å²) in [6, 6.07) is 15.1.